The Hall–Kier alpha value is -2.54. The van der Waals surface area contributed by atoms with Crippen molar-refractivity contribution in [3.8, 4) is 0 Å². The van der Waals surface area contributed by atoms with E-state index in [0.29, 0.717) is 25.2 Å². The Morgan fingerprint density at radius 1 is 1.28 bits per heavy atom. The summed E-state index contributed by atoms with van der Waals surface area (Å²) in [6.45, 7) is 6.95. The number of piperidine rings is 1. The first-order valence-electron chi connectivity index (χ1n) is 8.42. The van der Waals surface area contributed by atoms with Crippen LogP contribution in [0.1, 0.15) is 34.0 Å². The Labute approximate surface area is 147 Å². The van der Waals surface area contributed by atoms with E-state index in [1.165, 1.54) is 0 Å². The average molecular weight is 341 g/mol. The van der Waals surface area contributed by atoms with E-state index < -0.39 is 6.10 Å². The highest BCUT2D eigenvalue weighted by Gasteiger charge is 2.30. The highest BCUT2D eigenvalue weighted by Crippen LogP contribution is 2.23. The maximum atomic E-state index is 12.2. The van der Waals surface area contributed by atoms with Crippen LogP contribution >= 0.6 is 0 Å². The summed E-state index contributed by atoms with van der Waals surface area (Å²) < 4.78 is 0. The Balaban J connectivity index is 1.68. The zero-order valence-corrected chi connectivity index (χ0v) is 14.7. The van der Waals surface area contributed by atoms with Crippen LogP contribution in [0.25, 0.3) is 0 Å². The number of aliphatic hydroxyl groups is 1. The number of anilines is 1. The molecule has 132 valence electrons. The van der Waals surface area contributed by atoms with Crippen molar-refractivity contribution in [2.45, 2.75) is 39.3 Å². The van der Waals surface area contributed by atoms with Gasteiger partial charge in [0.2, 0.25) is 0 Å². The highest BCUT2D eigenvalue weighted by molar-refractivity contribution is 5.92. The molecule has 0 unspecified atom stereocenters. The summed E-state index contributed by atoms with van der Waals surface area (Å²) >= 11 is 0. The second kappa shape index (κ2) is 7.14. The summed E-state index contributed by atoms with van der Waals surface area (Å²) in [6.07, 6.45) is 1.55. The van der Waals surface area contributed by atoms with Crippen molar-refractivity contribution in [2.75, 3.05) is 18.0 Å². The summed E-state index contributed by atoms with van der Waals surface area (Å²) in [5, 5.41) is 13.4. The molecule has 1 fully saturated rings. The minimum absolute atomic E-state index is 0.261. The summed E-state index contributed by atoms with van der Waals surface area (Å²) in [5.41, 5.74) is 2.33. The van der Waals surface area contributed by atoms with Gasteiger partial charge in [0.25, 0.3) is 5.91 Å². The van der Waals surface area contributed by atoms with E-state index in [0.717, 1.165) is 22.9 Å². The van der Waals surface area contributed by atoms with Crippen LogP contribution in [0, 0.1) is 20.8 Å². The number of rotatable bonds is 3. The number of hydrogen-bond donors (Lipinski definition) is 2. The van der Waals surface area contributed by atoms with Gasteiger partial charge in [0.15, 0.2) is 0 Å². The van der Waals surface area contributed by atoms with Gasteiger partial charge < -0.3 is 15.3 Å². The number of nitrogens with one attached hydrogen (secondary N) is 1. The summed E-state index contributed by atoms with van der Waals surface area (Å²) in [4.78, 5) is 27.2. The van der Waals surface area contributed by atoms with E-state index in [1.54, 1.807) is 24.4 Å². The molecule has 1 aliphatic rings. The molecule has 1 amide bonds. The zero-order chi connectivity index (χ0) is 18.0. The van der Waals surface area contributed by atoms with Gasteiger partial charge in [-0.05, 0) is 39.3 Å². The topological polar surface area (TPSA) is 91.2 Å². The highest BCUT2D eigenvalue weighted by atomic mass is 16.3. The number of amides is 1. The first-order chi connectivity index (χ1) is 12.0. The zero-order valence-electron chi connectivity index (χ0n) is 14.7. The van der Waals surface area contributed by atoms with Crippen molar-refractivity contribution >= 4 is 11.7 Å². The largest absolute Gasteiger partial charge is 0.389 e. The van der Waals surface area contributed by atoms with E-state index >= 15 is 0 Å². The molecule has 0 bridgehead atoms. The Bertz CT molecular complexity index is 766. The Morgan fingerprint density at radius 3 is 2.76 bits per heavy atom. The molecular formula is C18H23N5O2. The maximum absolute atomic E-state index is 12.2. The van der Waals surface area contributed by atoms with Crippen molar-refractivity contribution in [2.24, 2.45) is 0 Å². The quantitative estimate of drug-likeness (QED) is 0.871. The summed E-state index contributed by atoms with van der Waals surface area (Å²) in [6, 6.07) is 4.89. The molecule has 1 saturated heterocycles. The number of nitrogens with zero attached hydrogens (tertiary/aromatic N) is 4. The normalized spacial score (nSPS) is 20.4. The van der Waals surface area contributed by atoms with Crippen molar-refractivity contribution in [3.63, 3.8) is 0 Å². The second-order valence-corrected chi connectivity index (χ2v) is 6.40. The number of aryl methyl sites for hydroxylation is 2. The summed E-state index contributed by atoms with van der Waals surface area (Å²) in [7, 11) is 0. The number of hydrogen-bond acceptors (Lipinski definition) is 6. The van der Waals surface area contributed by atoms with Crippen LogP contribution in [-0.2, 0) is 0 Å². The summed E-state index contributed by atoms with van der Waals surface area (Å²) in [5.74, 6) is 1.32. The molecule has 25 heavy (non-hydrogen) atoms. The van der Waals surface area contributed by atoms with Gasteiger partial charge in [0.05, 0.1) is 12.1 Å². The first-order valence-corrected chi connectivity index (χ1v) is 8.42. The molecule has 2 atom stereocenters. The van der Waals surface area contributed by atoms with E-state index in [4.69, 9.17) is 0 Å². The third-order valence-corrected chi connectivity index (χ3v) is 4.57. The molecule has 0 spiro atoms. The molecular weight excluding hydrogens is 318 g/mol. The number of carbonyl (C=O) groups is 1. The smallest absolute Gasteiger partial charge is 0.270 e. The number of β-amino-alcohol motifs (C(OH)–C–C–N with tert-alkyl or cyclic N) is 1. The van der Waals surface area contributed by atoms with Gasteiger partial charge in [-0.3, -0.25) is 9.78 Å². The fraction of sp³-hybridized carbons (Fsp3) is 0.444. The maximum Gasteiger partial charge on any atom is 0.270 e. The van der Waals surface area contributed by atoms with Crippen LogP contribution in [-0.4, -0.2) is 51.2 Å². The molecule has 2 aromatic heterocycles. The minimum Gasteiger partial charge on any atom is -0.389 e. The lowest BCUT2D eigenvalue weighted by Gasteiger charge is -2.37. The van der Waals surface area contributed by atoms with Gasteiger partial charge in [0, 0.05) is 30.5 Å². The van der Waals surface area contributed by atoms with Crippen LogP contribution < -0.4 is 10.2 Å². The predicted molar refractivity (Wildman–Crippen MR) is 94.6 cm³/mol. The van der Waals surface area contributed by atoms with Gasteiger partial charge in [-0.1, -0.05) is 6.07 Å². The lowest BCUT2D eigenvalue weighted by atomic mass is 10.0. The van der Waals surface area contributed by atoms with Crippen LogP contribution in [0.4, 0.5) is 5.82 Å². The number of carbonyl (C=O) groups excluding carboxylic acids is 1. The van der Waals surface area contributed by atoms with Crippen LogP contribution in [0.5, 0.6) is 0 Å². The van der Waals surface area contributed by atoms with Crippen molar-refractivity contribution < 1.29 is 9.90 Å². The van der Waals surface area contributed by atoms with Crippen LogP contribution in [0.2, 0.25) is 0 Å². The fourth-order valence-corrected chi connectivity index (χ4v) is 3.09. The third-order valence-electron chi connectivity index (χ3n) is 4.57. The molecule has 2 N–H and O–H groups in total. The van der Waals surface area contributed by atoms with Gasteiger partial charge in [-0.15, -0.1) is 0 Å². The first kappa shape index (κ1) is 17.3. The molecule has 3 rings (SSSR count). The monoisotopic (exact) mass is 341 g/mol. The van der Waals surface area contributed by atoms with E-state index in [9.17, 15) is 9.90 Å². The molecule has 0 saturated carbocycles. The second-order valence-electron chi connectivity index (χ2n) is 6.40. The third kappa shape index (κ3) is 3.76. The van der Waals surface area contributed by atoms with Crippen molar-refractivity contribution in [1.29, 1.82) is 0 Å². The van der Waals surface area contributed by atoms with Gasteiger partial charge in [0.1, 0.15) is 17.3 Å². The average Bonchev–Trinajstić information content (AvgIpc) is 2.60. The molecule has 2 aromatic rings. The standard InChI is InChI=1S/C18H23N5O2/c1-11-12(2)20-13(3)21-17(11)23-9-7-14(16(24)10-23)22-18(25)15-6-4-5-8-19-15/h4-6,8,14,16,24H,7,9-10H2,1-3H3,(H,22,25)/t14-,16-/m1/s1. The van der Waals surface area contributed by atoms with Crippen LogP contribution in [0.15, 0.2) is 24.4 Å². The number of aromatic nitrogens is 3. The van der Waals surface area contributed by atoms with E-state index in [-0.39, 0.29) is 11.9 Å². The number of pyridine rings is 1. The molecule has 3 heterocycles. The van der Waals surface area contributed by atoms with Crippen LogP contribution in [0.3, 0.4) is 0 Å². The van der Waals surface area contributed by atoms with E-state index in [1.807, 2.05) is 20.8 Å². The lowest BCUT2D eigenvalue weighted by Crippen LogP contribution is -2.54. The molecule has 0 aromatic carbocycles. The Kier molecular flexibility index (Phi) is 4.94. The van der Waals surface area contributed by atoms with Gasteiger partial charge in [-0.25, -0.2) is 9.97 Å². The molecule has 7 heteroatoms. The lowest BCUT2D eigenvalue weighted by molar-refractivity contribution is 0.0793. The molecule has 0 radical (unpaired) electrons. The molecule has 1 aliphatic heterocycles. The van der Waals surface area contributed by atoms with Crippen molar-refractivity contribution in [3.05, 3.63) is 47.2 Å². The van der Waals surface area contributed by atoms with E-state index in [2.05, 4.69) is 25.2 Å². The SMILES string of the molecule is Cc1nc(C)c(C)c(N2CC[C@@H](NC(=O)c3ccccn3)[C@H](O)C2)n1. The van der Waals surface area contributed by atoms with Crippen molar-refractivity contribution in [1.82, 2.24) is 20.3 Å². The number of aliphatic hydroxyl groups excluding tert-OH is 1. The molecule has 7 nitrogen and oxygen atoms in total. The Morgan fingerprint density at radius 2 is 2.08 bits per heavy atom. The van der Waals surface area contributed by atoms with Gasteiger partial charge in [-0.2, -0.15) is 0 Å². The minimum atomic E-state index is -0.670. The predicted octanol–water partition coefficient (Wildman–Crippen LogP) is 1.17. The van der Waals surface area contributed by atoms with Gasteiger partial charge >= 0.3 is 0 Å². The fourth-order valence-electron chi connectivity index (χ4n) is 3.09. The molecule has 0 aliphatic carbocycles.